The summed E-state index contributed by atoms with van der Waals surface area (Å²) in [5, 5.41) is 0.620. The van der Waals surface area contributed by atoms with E-state index in [1.54, 1.807) is 6.20 Å². The summed E-state index contributed by atoms with van der Waals surface area (Å²) in [7, 11) is 1.95. The van der Waals surface area contributed by atoms with Crippen molar-refractivity contribution in [2.24, 2.45) is 5.73 Å². The van der Waals surface area contributed by atoms with Gasteiger partial charge in [0.25, 0.3) is 0 Å². The van der Waals surface area contributed by atoms with Crippen LogP contribution in [0.15, 0.2) is 16.7 Å². The van der Waals surface area contributed by atoms with E-state index < -0.39 is 0 Å². The van der Waals surface area contributed by atoms with Gasteiger partial charge in [0.05, 0.1) is 9.50 Å². The highest BCUT2D eigenvalue weighted by molar-refractivity contribution is 9.10. The molecule has 0 fully saturated rings. The monoisotopic (exact) mass is 277 g/mol. The van der Waals surface area contributed by atoms with Crippen LogP contribution in [-0.2, 0) is 0 Å². The summed E-state index contributed by atoms with van der Waals surface area (Å²) in [5.41, 5.74) is 5.70. The Bertz CT molecular complexity index is 317. The summed E-state index contributed by atoms with van der Waals surface area (Å²) in [5.74, 6) is 0.853. The van der Waals surface area contributed by atoms with Crippen LogP contribution in [0.1, 0.15) is 6.92 Å². The normalized spacial score (nSPS) is 12.6. The summed E-state index contributed by atoms with van der Waals surface area (Å²) < 4.78 is 0.883. The minimum absolute atomic E-state index is 0.115. The van der Waals surface area contributed by atoms with Crippen LogP contribution in [-0.4, -0.2) is 24.6 Å². The van der Waals surface area contributed by atoms with E-state index in [1.165, 1.54) is 0 Å². The van der Waals surface area contributed by atoms with Crippen LogP contribution >= 0.6 is 27.5 Å². The van der Waals surface area contributed by atoms with Crippen LogP contribution in [0.3, 0.4) is 0 Å². The molecule has 0 radical (unpaired) electrons. The quantitative estimate of drug-likeness (QED) is 0.922. The zero-order valence-electron chi connectivity index (χ0n) is 8.17. The van der Waals surface area contributed by atoms with Gasteiger partial charge in [-0.2, -0.15) is 0 Å². The first-order valence-electron chi connectivity index (χ1n) is 4.28. The number of nitrogens with two attached hydrogens (primary N) is 1. The molecule has 0 spiro atoms. The second-order valence-electron chi connectivity index (χ2n) is 3.32. The van der Waals surface area contributed by atoms with Gasteiger partial charge in [0.2, 0.25) is 0 Å². The average Bonchev–Trinajstić information content (AvgIpc) is 2.01. The molecule has 1 heterocycles. The smallest absolute Gasteiger partial charge is 0.142 e. The summed E-state index contributed by atoms with van der Waals surface area (Å²) in [6.45, 7) is 2.72. The van der Waals surface area contributed by atoms with Gasteiger partial charge >= 0.3 is 0 Å². The lowest BCUT2D eigenvalue weighted by Gasteiger charge is -2.21. The van der Waals surface area contributed by atoms with Crippen molar-refractivity contribution in [3.8, 4) is 0 Å². The molecule has 0 aliphatic rings. The van der Waals surface area contributed by atoms with E-state index >= 15 is 0 Å². The van der Waals surface area contributed by atoms with Gasteiger partial charge < -0.3 is 10.6 Å². The summed E-state index contributed by atoms with van der Waals surface area (Å²) in [6.07, 6.45) is 1.62. The lowest BCUT2D eigenvalue weighted by molar-refractivity contribution is 0.711. The maximum Gasteiger partial charge on any atom is 0.142 e. The highest BCUT2D eigenvalue weighted by atomic mass is 79.9. The standard InChI is InChI=1S/C9H13BrClN3/c1-6(12)5-14(2)9-8(10)3-7(11)4-13-9/h3-4,6H,5,12H2,1-2H3. The van der Waals surface area contributed by atoms with E-state index in [2.05, 4.69) is 20.9 Å². The van der Waals surface area contributed by atoms with E-state index in [0.29, 0.717) is 5.02 Å². The second-order valence-corrected chi connectivity index (χ2v) is 4.61. The van der Waals surface area contributed by atoms with Crippen LogP contribution < -0.4 is 10.6 Å². The third kappa shape index (κ3) is 3.12. The molecule has 1 unspecified atom stereocenters. The molecule has 0 amide bonds. The van der Waals surface area contributed by atoms with Crippen molar-refractivity contribution < 1.29 is 0 Å². The predicted molar refractivity (Wildman–Crippen MR) is 63.9 cm³/mol. The lowest BCUT2D eigenvalue weighted by atomic mass is 10.3. The lowest BCUT2D eigenvalue weighted by Crippen LogP contribution is -2.33. The van der Waals surface area contributed by atoms with Crippen molar-refractivity contribution in [2.75, 3.05) is 18.5 Å². The maximum absolute atomic E-state index is 5.79. The molecule has 0 aliphatic heterocycles. The minimum Gasteiger partial charge on any atom is -0.357 e. The second kappa shape index (κ2) is 4.96. The molecular weight excluding hydrogens is 265 g/mol. The van der Waals surface area contributed by atoms with Crippen molar-refractivity contribution in [3.05, 3.63) is 21.8 Å². The molecule has 2 N–H and O–H groups in total. The number of anilines is 1. The Kier molecular flexibility index (Phi) is 4.16. The van der Waals surface area contributed by atoms with Gasteiger partial charge in [-0.1, -0.05) is 11.6 Å². The highest BCUT2D eigenvalue weighted by Crippen LogP contribution is 2.25. The van der Waals surface area contributed by atoms with E-state index in [1.807, 2.05) is 24.9 Å². The zero-order valence-corrected chi connectivity index (χ0v) is 10.5. The van der Waals surface area contributed by atoms with Gasteiger partial charge in [-0.15, -0.1) is 0 Å². The zero-order chi connectivity index (χ0) is 10.7. The van der Waals surface area contributed by atoms with E-state index in [4.69, 9.17) is 17.3 Å². The molecule has 1 aromatic heterocycles. The molecule has 0 saturated carbocycles. The Balaban J connectivity index is 2.84. The third-order valence-electron chi connectivity index (χ3n) is 1.71. The van der Waals surface area contributed by atoms with Gasteiger partial charge in [-0.05, 0) is 28.9 Å². The summed E-state index contributed by atoms with van der Waals surface area (Å²) in [6, 6.07) is 1.94. The molecule has 0 aromatic carbocycles. The summed E-state index contributed by atoms with van der Waals surface area (Å²) in [4.78, 5) is 6.21. The SMILES string of the molecule is CC(N)CN(C)c1ncc(Cl)cc1Br. The number of hydrogen-bond acceptors (Lipinski definition) is 3. The molecule has 0 aliphatic carbocycles. The molecule has 1 rings (SSSR count). The fraction of sp³-hybridized carbons (Fsp3) is 0.444. The van der Waals surface area contributed by atoms with Crippen molar-refractivity contribution in [2.45, 2.75) is 13.0 Å². The first-order valence-corrected chi connectivity index (χ1v) is 5.45. The van der Waals surface area contributed by atoms with E-state index in [0.717, 1.165) is 16.8 Å². The number of halogens is 2. The van der Waals surface area contributed by atoms with Crippen molar-refractivity contribution in [3.63, 3.8) is 0 Å². The van der Waals surface area contributed by atoms with Crippen LogP contribution in [0, 0.1) is 0 Å². The van der Waals surface area contributed by atoms with Crippen LogP contribution in [0.25, 0.3) is 0 Å². The van der Waals surface area contributed by atoms with Gasteiger partial charge in [0.15, 0.2) is 0 Å². The Labute approximate surface area is 97.4 Å². The van der Waals surface area contributed by atoms with Crippen molar-refractivity contribution in [1.82, 2.24) is 4.98 Å². The number of rotatable bonds is 3. The molecule has 1 aromatic rings. The first-order chi connectivity index (χ1) is 6.50. The Morgan fingerprint density at radius 2 is 2.36 bits per heavy atom. The molecule has 3 nitrogen and oxygen atoms in total. The van der Waals surface area contributed by atoms with Crippen LogP contribution in [0.4, 0.5) is 5.82 Å². The summed E-state index contributed by atoms with van der Waals surface area (Å²) >= 11 is 9.20. The molecule has 1 atom stereocenters. The third-order valence-corrected chi connectivity index (χ3v) is 2.50. The number of hydrogen-bond donors (Lipinski definition) is 1. The number of aromatic nitrogens is 1. The molecular formula is C9H13BrClN3. The molecule has 5 heteroatoms. The van der Waals surface area contributed by atoms with Gasteiger partial charge in [0, 0.05) is 25.8 Å². The molecule has 0 saturated heterocycles. The fourth-order valence-electron chi connectivity index (χ4n) is 1.21. The van der Waals surface area contributed by atoms with Crippen LogP contribution in [0.5, 0.6) is 0 Å². The predicted octanol–water partition coefficient (Wildman–Crippen LogP) is 2.28. The van der Waals surface area contributed by atoms with E-state index in [9.17, 15) is 0 Å². The van der Waals surface area contributed by atoms with Gasteiger partial charge in [-0.25, -0.2) is 4.98 Å². The number of likely N-dealkylation sites (N-methyl/N-ethyl adjacent to an activating group) is 1. The fourth-order valence-corrected chi connectivity index (χ4v) is 2.15. The van der Waals surface area contributed by atoms with Crippen molar-refractivity contribution in [1.29, 1.82) is 0 Å². The van der Waals surface area contributed by atoms with Gasteiger partial charge in [0.1, 0.15) is 5.82 Å². The Hall–Kier alpha value is -0.320. The Morgan fingerprint density at radius 3 is 2.86 bits per heavy atom. The number of nitrogens with zero attached hydrogens (tertiary/aromatic N) is 2. The van der Waals surface area contributed by atoms with Gasteiger partial charge in [-0.3, -0.25) is 0 Å². The van der Waals surface area contributed by atoms with Crippen molar-refractivity contribution >= 4 is 33.3 Å². The minimum atomic E-state index is 0.115. The van der Waals surface area contributed by atoms with Crippen LogP contribution in [0.2, 0.25) is 5.02 Å². The largest absolute Gasteiger partial charge is 0.357 e. The molecule has 78 valence electrons. The molecule has 0 bridgehead atoms. The Morgan fingerprint density at radius 1 is 1.71 bits per heavy atom. The van der Waals surface area contributed by atoms with E-state index in [-0.39, 0.29) is 6.04 Å². The maximum atomic E-state index is 5.79. The number of pyridine rings is 1. The first kappa shape index (κ1) is 11.8. The highest BCUT2D eigenvalue weighted by Gasteiger charge is 2.09. The molecule has 14 heavy (non-hydrogen) atoms. The average molecular weight is 279 g/mol. The topological polar surface area (TPSA) is 42.1 Å².